The van der Waals surface area contributed by atoms with Crippen LogP contribution in [0.5, 0.6) is 0 Å². The number of carbonyl (C=O) groups excluding carboxylic acids is 1. The third-order valence-electron chi connectivity index (χ3n) is 5.13. The number of fused-ring (bicyclic) bond motifs is 2. The highest BCUT2D eigenvalue weighted by Crippen LogP contribution is 2.28. The summed E-state index contributed by atoms with van der Waals surface area (Å²) in [4.78, 5) is 17.3. The van der Waals surface area contributed by atoms with Crippen LogP contribution in [0.15, 0.2) is 60.1 Å². The first-order chi connectivity index (χ1) is 13.3. The molecule has 134 valence electrons. The van der Waals surface area contributed by atoms with Crippen molar-refractivity contribution < 1.29 is 4.79 Å². The molecule has 2 aromatic heterocycles. The van der Waals surface area contributed by atoms with Gasteiger partial charge in [0.25, 0.3) is 5.91 Å². The summed E-state index contributed by atoms with van der Waals surface area (Å²) in [5, 5.41) is 5.93. The van der Waals surface area contributed by atoms with Crippen LogP contribution in [0.3, 0.4) is 0 Å². The highest BCUT2D eigenvalue weighted by Gasteiger charge is 2.16. The first kappa shape index (κ1) is 16.3. The van der Waals surface area contributed by atoms with Crippen LogP contribution in [0.2, 0.25) is 0 Å². The molecule has 0 radical (unpaired) electrons. The number of carbonyl (C=O) groups is 1. The van der Waals surface area contributed by atoms with Crippen molar-refractivity contribution in [1.82, 2.24) is 9.55 Å². The Kier molecular flexibility index (Phi) is 4.02. The molecule has 27 heavy (non-hydrogen) atoms. The van der Waals surface area contributed by atoms with Crippen LogP contribution in [-0.2, 0) is 13.0 Å². The van der Waals surface area contributed by atoms with Gasteiger partial charge in [0.2, 0.25) is 0 Å². The number of nitrogens with zero attached hydrogens (tertiary/aromatic N) is 2. The fraction of sp³-hybridized carbons (Fsp3) is 0.182. The SMILES string of the molecule is O=C(Nc1ccc(-c2ncc3n2CCCC3)cc1)c1csc2ccccc12. The van der Waals surface area contributed by atoms with Gasteiger partial charge in [-0.05, 0) is 49.6 Å². The van der Waals surface area contributed by atoms with Crippen LogP contribution in [-0.4, -0.2) is 15.5 Å². The monoisotopic (exact) mass is 373 g/mol. The first-order valence-corrected chi connectivity index (χ1v) is 10.1. The summed E-state index contributed by atoms with van der Waals surface area (Å²) < 4.78 is 3.44. The van der Waals surface area contributed by atoms with Gasteiger partial charge in [0.1, 0.15) is 5.82 Å². The molecule has 2 aromatic carbocycles. The van der Waals surface area contributed by atoms with Crippen molar-refractivity contribution in [2.75, 3.05) is 5.32 Å². The van der Waals surface area contributed by atoms with E-state index in [4.69, 9.17) is 0 Å². The number of rotatable bonds is 3. The maximum atomic E-state index is 12.7. The minimum Gasteiger partial charge on any atom is -0.328 e. The number of anilines is 1. The number of aryl methyl sites for hydroxylation is 1. The Labute approximate surface area is 161 Å². The molecule has 1 aliphatic heterocycles. The van der Waals surface area contributed by atoms with E-state index in [2.05, 4.69) is 14.9 Å². The van der Waals surface area contributed by atoms with Gasteiger partial charge in [0.15, 0.2) is 0 Å². The van der Waals surface area contributed by atoms with E-state index < -0.39 is 0 Å². The second-order valence-corrected chi connectivity index (χ2v) is 7.77. The van der Waals surface area contributed by atoms with Crippen LogP contribution in [0.4, 0.5) is 5.69 Å². The number of amides is 1. The molecule has 5 rings (SSSR count). The second kappa shape index (κ2) is 6.67. The highest BCUT2D eigenvalue weighted by atomic mass is 32.1. The van der Waals surface area contributed by atoms with Crippen molar-refractivity contribution in [3.05, 3.63) is 71.4 Å². The molecule has 0 saturated carbocycles. The Hall–Kier alpha value is -2.92. The van der Waals surface area contributed by atoms with E-state index >= 15 is 0 Å². The van der Waals surface area contributed by atoms with Crippen LogP contribution in [0, 0.1) is 0 Å². The quantitative estimate of drug-likeness (QED) is 0.526. The Balaban J connectivity index is 1.38. The Morgan fingerprint density at radius 2 is 1.93 bits per heavy atom. The highest BCUT2D eigenvalue weighted by molar-refractivity contribution is 7.17. The average molecular weight is 373 g/mol. The molecular weight excluding hydrogens is 354 g/mol. The van der Waals surface area contributed by atoms with Gasteiger partial charge in [-0.1, -0.05) is 18.2 Å². The molecule has 1 amide bonds. The van der Waals surface area contributed by atoms with Gasteiger partial charge in [-0.2, -0.15) is 0 Å². The third kappa shape index (κ3) is 2.94. The van der Waals surface area contributed by atoms with Gasteiger partial charge in [0, 0.05) is 45.2 Å². The minimum atomic E-state index is -0.0709. The van der Waals surface area contributed by atoms with Gasteiger partial charge >= 0.3 is 0 Å². The minimum absolute atomic E-state index is 0.0709. The molecule has 0 saturated heterocycles. The fourth-order valence-corrected chi connectivity index (χ4v) is 4.66. The number of hydrogen-bond donors (Lipinski definition) is 1. The predicted octanol–water partition coefficient (Wildman–Crippen LogP) is 5.35. The predicted molar refractivity (Wildman–Crippen MR) is 110 cm³/mol. The number of nitrogens with one attached hydrogen (secondary N) is 1. The Morgan fingerprint density at radius 1 is 1.07 bits per heavy atom. The lowest BCUT2D eigenvalue weighted by molar-refractivity contribution is 0.102. The van der Waals surface area contributed by atoms with Crippen molar-refractivity contribution in [3.63, 3.8) is 0 Å². The van der Waals surface area contributed by atoms with Crippen LogP contribution in [0.25, 0.3) is 21.5 Å². The van der Waals surface area contributed by atoms with Crippen molar-refractivity contribution >= 4 is 33.0 Å². The lowest BCUT2D eigenvalue weighted by Crippen LogP contribution is -2.11. The number of benzene rings is 2. The molecule has 0 spiro atoms. The van der Waals surface area contributed by atoms with E-state index in [0.29, 0.717) is 0 Å². The summed E-state index contributed by atoms with van der Waals surface area (Å²) in [6.07, 6.45) is 5.55. The lowest BCUT2D eigenvalue weighted by Gasteiger charge is -2.16. The molecule has 5 heteroatoms. The molecule has 0 atom stereocenters. The van der Waals surface area contributed by atoms with E-state index in [1.165, 1.54) is 18.5 Å². The molecule has 0 aliphatic carbocycles. The molecule has 0 bridgehead atoms. The summed E-state index contributed by atoms with van der Waals surface area (Å²) in [5.74, 6) is 0.949. The zero-order valence-corrected chi connectivity index (χ0v) is 15.6. The maximum absolute atomic E-state index is 12.7. The van der Waals surface area contributed by atoms with Crippen molar-refractivity contribution in [3.8, 4) is 11.4 Å². The molecule has 1 N–H and O–H groups in total. The topological polar surface area (TPSA) is 46.9 Å². The Bertz CT molecular complexity index is 1120. The second-order valence-electron chi connectivity index (χ2n) is 6.86. The standard InChI is InChI=1S/C22H19N3OS/c26-22(19-14-27-20-7-2-1-6-18(19)20)24-16-10-8-15(9-11-16)21-23-13-17-5-3-4-12-25(17)21/h1-2,6-11,13-14H,3-5,12H2,(H,24,26). The summed E-state index contributed by atoms with van der Waals surface area (Å²) in [7, 11) is 0. The molecule has 0 fully saturated rings. The van der Waals surface area contributed by atoms with Crippen molar-refractivity contribution in [2.24, 2.45) is 0 Å². The number of thiophene rings is 1. The zero-order chi connectivity index (χ0) is 18.2. The number of aromatic nitrogens is 2. The number of hydrogen-bond acceptors (Lipinski definition) is 3. The van der Waals surface area contributed by atoms with E-state index in [0.717, 1.165) is 45.7 Å². The van der Waals surface area contributed by atoms with E-state index in [1.54, 1.807) is 11.3 Å². The molecular formula is C22H19N3OS. The van der Waals surface area contributed by atoms with Crippen molar-refractivity contribution in [1.29, 1.82) is 0 Å². The fourth-order valence-electron chi connectivity index (χ4n) is 3.72. The first-order valence-electron chi connectivity index (χ1n) is 9.22. The molecule has 4 nitrogen and oxygen atoms in total. The van der Waals surface area contributed by atoms with Crippen LogP contribution < -0.4 is 5.32 Å². The summed E-state index contributed by atoms with van der Waals surface area (Å²) >= 11 is 1.59. The van der Waals surface area contributed by atoms with E-state index in [-0.39, 0.29) is 5.91 Å². The van der Waals surface area contributed by atoms with Crippen LogP contribution >= 0.6 is 11.3 Å². The summed E-state index contributed by atoms with van der Waals surface area (Å²) in [5.41, 5.74) is 3.92. The average Bonchev–Trinajstić information content (AvgIpc) is 3.33. The van der Waals surface area contributed by atoms with Gasteiger partial charge in [0.05, 0.1) is 5.56 Å². The van der Waals surface area contributed by atoms with E-state index in [9.17, 15) is 4.79 Å². The Morgan fingerprint density at radius 3 is 2.81 bits per heavy atom. The molecule has 1 aliphatic rings. The zero-order valence-electron chi connectivity index (χ0n) is 14.8. The van der Waals surface area contributed by atoms with Gasteiger partial charge in [-0.25, -0.2) is 4.98 Å². The maximum Gasteiger partial charge on any atom is 0.257 e. The van der Waals surface area contributed by atoms with Crippen molar-refractivity contribution in [2.45, 2.75) is 25.8 Å². The number of imidazole rings is 1. The molecule has 4 aromatic rings. The normalized spacial score (nSPS) is 13.5. The third-order valence-corrected chi connectivity index (χ3v) is 6.09. The van der Waals surface area contributed by atoms with E-state index in [1.807, 2.05) is 60.1 Å². The van der Waals surface area contributed by atoms with Gasteiger partial charge in [-0.15, -0.1) is 11.3 Å². The summed E-state index contributed by atoms with van der Waals surface area (Å²) in [6.45, 7) is 1.04. The largest absolute Gasteiger partial charge is 0.328 e. The molecule has 3 heterocycles. The van der Waals surface area contributed by atoms with Gasteiger partial charge < -0.3 is 9.88 Å². The van der Waals surface area contributed by atoms with Crippen LogP contribution in [0.1, 0.15) is 28.9 Å². The lowest BCUT2D eigenvalue weighted by atomic mass is 10.1. The summed E-state index contributed by atoms with van der Waals surface area (Å²) in [6, 6.07) is 16.0. The smallest absolute Gasteiger partial charge is 0.257 e. The molecule has 0 unspecified atom stereocenters. The van der Waals surface area contributed by atoms with Gasteiger partial charge in [-0.3, -0.25) is 4.79 Å².